The molecule has 48 valence electrons. The Hall–Kier alpha value is 0.610. The lowest BCUT2D eigenvalue weighted by Gasteiger charge is -2.22. The summed E-state index contributed by atoms with van der Waals surface area (Å²) in [5.74, 6) is 0. The van der Waals surface area contributed by atoms with Crippen LogP contribution in [0.25, 0.3) is 0 Å². The van der Waals surface area contributed by atoms with Gasteiger partial charge in [0.1, 0.15) is 23.0 Å². The summed E-state index contributed by atoms with van der Waals surface area (Å²) >= 11 is 1.90. The Bertz CT molecular complexity index is 65.1. The lowest BCUT2D eigenvalue weighted by molar-refractivity contribution is -0.0203. The van der Waals surface area contributed by atoms with Gasteiger partial charge in [0, 0.05) is 26.2 Å². The van der Waals surface area contributed by atoms with E-state index in [-0.39, 0.29) is 0 Å². The number of nitrogens with zero attached hydrogens (tertiary/aromatic N) is 1. The highest BCUT2D eigenvalue weighted by molar-refractivity contribution is 14.1. The molecule has 0 aliphatic carbocycles. The minimum atomic E-state index is 1.00. The van der Waals surface area contributed by atoms with Crippen LogP contribution in [0.5, 0.6) is 0 Å². The van der Waals surface area contributed by atoms with Crippen LogP contribution in [0.15, 0.2) is 0 Å². The Labute approximate surface area is 63.0 Å². The number of hydrogen-bond acceptors (Lipinski definition) is 3. The SMILES string of the molecule is ION1CCNCC1. The summed E-state index contributed by atoms with van der Waals surface area (Å²) in [6, 6.07) is 0. The fourth-order valence-electron chi connectivity index (χ4n) is 0.713. The summed E-state index contributed by atoms with van der Waals surface area (Å²) < 4.78 is 4.95. The molecule has 0 aromatic rings. The number of hydrogen-bond donors (Lipinski definition) is 1. The lowest BCUT2D eigenvalue weighted by atomic mass is 10.4. The molecule has 0 atom stereocenters. The number of rotatable bonds is 1. The predicted octanol–water partition coefficient (Wildman–Crippen LogP) is 0.173. The van der Waals surface area contributed by atoms with Gasteiger partial charge in [0.15, 0.2) is 0 Å². The van der Waals surface area contributed by atoms with Crippen LogP contribution in [0.2, 0.25) is 0 Å². The van der Waals surface area contributed by atoms with E-state index >= 15 is 0 Å². The van der Waals surface area contributed by atoms with Crippen LogP contribution >= 0.6 is 23.0 Å². The molecule has 0 spiro atoms. The molecule has 1 fully saturated rings. The van der Waals surface area contributed by atoms with E-state index in [0.717, 1.165) is 26.2 Å². The second kappa shape index (κ2) is 3.60. The van der Waals surface area contributed by atoms with Crippen molar-refractivity contribution in [2.45, 2.75) is 0 Å². The van der Waals surface area contributed by atoms with Gasteiger partial charge >= 0.3 is 0 Å². The summed E-state index contributed by atoms with van der Waals surface area (Å²) in [7, 11) is 0. The summed E-state index contributed by atoms with van der Waals surface area (Å²) in [5, 5.41) is 5.17. The number of nitrogens with one attached hydrogen (secondary N) is 1. The fraction of sp³-hybridized carbons (Fsp3) is 1.00. The second-order valence-corrected chi connectivity index (χ2v) is 2.14. The fourth-order valence-corrected chi connectivity index (χ4v) is 1.11. The van der Waals surface area contributed by atoms with Gasteiger partial charge in [-0.2, -0.15) is 5.06 Å². The van der Waals surface area contributed by atoms with Gasteiger partial charge in [-0.1, -0.05) is 0 Å². The first kappa shape index (κ1) is 6.73. The zero-order valence-electron chi connectivity index (χ0n) is 4.56. The van der Waals surface area contributed by atoms with Crippen LogP contribution in [0.1, 0.15) is 0 Å². The van der Waals surface area contributed by atoms with E-state index in [1.165, 1.54) is 0 Å². The Morgan fingerprint density at radius 3 is 2.38 bits per heavy atom. The van der Waals surface area contributed by atoms with Crippen LogP contribution in [-0.2, 0) is 3.17 Å². The number of halogens is 1. The van der Waals surface area contributed by atoms with Crippen molar-refractivity contribution in [3.05, 3.63) is 0 Å². The Morgan fingerprint density at radius 2 is 2.00 bits per heavy atom. The van der Waals surface area contributed by atoms with Gasteiger partial charge in [-0.15, -0.1) is 0 Å². The molecule has 0 saturated carbocycles. The second-order valence-electron chi connectivity index (χ2n) is 1.75. The molecule has 0 bridgehead atoms. The maximum Gasteiger partial charge on any atom is 0.137 e. The first-order valence-corrected chi connectivity index (χ1v) is 3.56. The molecule has 0 radical (unpaired) electrons. The number of piperazine rings is 1. The van der Waals surface area contributed by atoms with Gasteiger partial charge in [0.05, 0.1) is 0 Å². The molecule has 1 saturated heterocycles. The summed E-state index contributed by atoms with van der Waals surface area (Å²) in [6.45, 7) is 4.10. The van der Waals surface area contributed by atoms with Crippen LogP contribution in [0.4, 0.5) is 0 Å². The molecule has 4 heteroatoms. The van der Waals surface area contributed by atoms with Gasteiger partial charge < -0.3 is 5.32 Å². The smallest absolute Gasteiger partial charge is 0.137 e. The summed E-state index contributed by atoms with van der Waals surface area (Å²) in [6.07, 6.45) is 0. The standard InChI is InChI=1S/C4H9IN2O/c5-8-7-3-1-6-2-4-7/h6H,1-4H2. The van der Waals surface area contributed by atoms with Crippen molar-refractivity contribution in [1.29, 1.82) is 0 Å². The van der Waals surface area contributed by atoms with Crippen molar-refractivity contribution in [3.8, 4) is 0 Å². The minimum Gasteiger partial charge on any atom is -0.314 e. The molecule has 1 heterocycles. The highest BCUT2D eigenvalue weighted by atomic mass is 127. The highest BCUT2D eigenvalue weighted by Gasteiger charge is 2.07. The van der Waals surface area contributed by atoms with E-state index < -0.39 is 0 Å². The Kier molecular flexibility index (Phi) is 3.03. The van der Waals surface area contributed by atoms with Gasteiger partial charge in [-0.25, -0.2) is 3.17 Å². The number of hydroxylamine groups is 2. The van der Waals surface area contributed by atoms with E-state index in [1.807, 2.05) is 28.1 Å². The Balaban J connectivity index is 2.13. The molecular weight excluding hydrogens is 219 g/mol. The maximum atomic E-state index is 4.95. The average Bonchev–Trinajstić information content (AvgIpc) is 1.90. The third-order valence-electron chi connectivity index (χ3n) is 1.17. The average molecular weight is 228 g/mol. The summed E-state index contributed by atoms with van der Waals surface area (Å²) in [5.41, 5.74) is 0. The molecule has 3 nitrogen and oxygen atoms in total. The Morgan fingerprint density at radius 1 is 1.38 bits per heavy atom. The molecule has 0 aromatic heterocycles. The monoisotopic (exact) mass is 228 g/mol. The van der Waals surface area contributed by atoms with Crippen molar-refractivity contribution in [2.24, 2.45) is 0 Å². The molecule has 1 aliphatic rings. The zero-order chi connectivity index (χ0) is 5.82. The third-order valence-corrected chi connectivity index (χ3v) is 1.73. The molecule has 1 aliphatic heterocycles. The van der Waals surface area contributed by atoms with Crippen LogP contribution in [0, 0.1) is 0 Å². The van der Waals surface area contributed by atoms with Crippen molar-refractivity contribution in [2.75, 3.05) is 26.2 Å². The van der Waals surface area contributed by atoms with Gasteiger partial charge in [0.2, 0.25) is 0 Å². The minimum absolute atomic E-state index is 1.00. The van der Waals surface area contributed by atoms with E-state index in [0.29, 0.717) is 0 Å². The lowest BCUT2D eigenvalue weighted by Crippen LogP contribution is -2.41. The first-order valence-electron chi connectivity index (χ1n) is 2.68. The normalized spacial score (nSPS) is 23.6. The first-order chi connectivity index (χ1) is 3.93. The van der Waals surface area contributed by atoms with Crippen LogP contribution < -0.4 is 5.32 Å². The molecule has 8 heavy (non-hydrogen) atoms. The largest absolute Gasteiger partial charge is 0.314 e. The molecule has 1 rings (SSSR count). The summed E-state index contributed by atoms with van der Waals surface area (Å²) in [4.78, 5) is 0. The molecule has 0 amide bonds. The molecular formula is C4H9IN2O. The van der Waals surface area contributed by atoms with Gasteiger partial charge in [-0.05, 0) is 0 Å². The maximum absolute atomic E-state index is 4.95. The van der Waals surface area contributed by atoms with Crippen molar-refractivity contribution < 1.29 is 3.17 Å². The van der Waals surface area contributed by atoms with E-state index in [1.54, 1.807) is 0 Å². The van der Waals surface area contributed by atoms with Crippen LogP contribution in [0.3, 0.4) is 0 Å². The van der Waals surface area contributed by atoms with Gasteiger partial charge in [-0.3, -0.25) is 0 Å². The third kappa shape index (κ3) is 1.85. The highest BCUT2D eigenvalue weighted by Crippen LogP contribution is 1.97. The van der Waals surface area contributed by atoms with Crippen molar-refractivity contribution >= 4 is 23.0 Å². The molecule has 0 aromatic carbocycles. The van der Waals surface area contributed by atoms with E-state index in [9.17, 15) is 0 Å². The van der Waals surface area contributed by atoms with Crippen LogP contribution in [-0.4, -0.2) is 31.2 Å². The van der Waals surface area contributed by atoms with E-state index in [2.05, 4.69) is 5.32 Å². The zero-order valence-corrected chi connectivity index (χ0v) is 6.72. The topological polar surface area (TPSA) is 24.5 Å². The molecule has 0 unspecified atom stereocenters. The molecule has 1 N–H and O–H groups in total. The quantitative estimate of drug-likeness (QED) is 0.647. The van der Waals surface area contributed by atoms with Gasteiger partial charge in [0.25, 0.3) is 0 Å². The van der Waals surface area contributed by atoms with Crippen molar-refractivity contribution in [1.82, 2.24) is 10.4 Å². The van der Waals surface area contributed by atoms with Crippen molar-refractivity contribution in [3.63, 3.8) is 0 Å². The van der Waals surface area contributed by atoms with E-state index in [4.69, 9.17) is 3.17 Å². The predicted molar refractivity (Wildman–Crippen MR) is 39.5 cm³/mol.